The van der Waals surface area contributed by atoms with Gasteiger partial charge in [-0.15, -0.1) is 0 Å². The van der Waals surface area contributed by atoms with Crippen LogP contribution in [0.1, 0.15) is 46.5 Å². The van der Waals surface area contributed by atoms with Crippen LogP contribution in [0.15, 0.2) is 0 Å². The van der Waals surface area contributed by atoms with Crippen LogP contribution in [-0.4, -0.2) is 36.6 Å². The summed E-state index contributed by atoms with van der Waals surface area (Å²) in [4.78, 5) is 2.75. The van der Waals surface area contributed by atoms with Crippen LogP contribution in [0.25, 0.3) is 0 Å². The van der Waals surface area contributed by atoms with E-state index in [1.54, 1.807) is 0 Å². The highest BCUT2D eigenvalue weighted by molar-refractivity contribution is 5.04. The molecular weight excluding hydrogens is 196 g/mol. The number of fused-ring (bicyclic) bond motifs is 1. The largest absolute Gasteiger partial charge is 0.316 e. The van der Waals surface area contributed by atoms with E-state index in [2.05, 4.69) is 31.0 Å². The lowest BCUT2D eigenvalue weighted by Gasteiger charge is -2.35. The van der Waals surface area contributed by atoms with E-state index in [-0.39, 0.29) is 0 Å². The first-order valence-electron chi connectivity index (χ1n) is 7.12. The van der Waals surface area contributed by atoms with Gasteiger partial charge in [-0.1, -0.05) is 26.2 Å². The second kappa shape index (κ2) is 5.05. The van der Waals surface area contributed by atoms with E-state index < -0.39 is 0 Å². The molecule has 16 heavy (non-hydrogen) atoms. The van der Waals surface area contributed by atoms with Crippen molar-refractivity contribution in [2.24, 2.45) is 11.8 Å². The quantitative estimate of drug-likeness (QED) is 0.722. The molecule has 2 saturated heterocycles. The van der Waals surface area contributed by atoms with Gasteiger partial charge in [0.05, 0.1) is 0 Å². The van der Waals surface area contributed by atoms with Crippen molar-refractivity contribution < 1.29 is 0 Å². The molecule has 2 aliphatic heterocycles. The summed E-state index contributed by atoms with van der Waals surface area (Å²) in [6, 6.07) is 0. The first-order valence-corrected chi connectivity index (χ1v) is 7.12. The van der Waals surface area contributed by atoms with Crippen molar-refractivity contribution in [1.29, 1.82) is 0 Å². The predicted octanol–water partition coefficient (Wildman–Crippen LogP) is 2.50. The van der Waals surface area contributed by atoms with Gasteiger partial charge in [0.25, 0.3) is 0 Å². The monoisotopic (exact) mass is 224 g/mol. The van der Waals surface area contributed by atoms with E-state index in [1.807, 2.05) is 0 Å². The molecule has 2 heterocycles. The minimum absolute atomic E-state index is 0.431. The molecule has 0 amide bonds. The molecule has 0 aromatic carbocycles. The minimum atomic E-state index is 0.431. The van der Waals surface area contributed by atoms with E-state index in [4.69, 9.17) is 0 Å². The summed E-state index contributed by atoms with van der Waals surface area (Å²) in [5.74, 6) is 1.81. The maximum absolute atomic E-state index is 3.55. The van der Waals surface area contributed by atoms with Crippen LogP contribution >= 0.6 is 0 Å². The second-order valence-electron chi connectivity index (χ2n) is 6.19. The summed E-state index contributed by atoms with van der Waals surface area (Å²) < 4.78 is 0. The fourth-order valence-corrected chi connectivity index (χ4v) is 3.61. The van der Waals surface area contributed by atoms with Gasteiger partial charge in [-0.2, -0.15) is 0 Å². The van der Waals surface area contributed by atoms with Gasteiger partial charge in [0.2, 0.25) is 0 Å². The third-order valence-corrected chi connectivity index (χ3v) is 4.80. The Labute approximate surface area is 101 Å². The average Bonchev–Trinajstić information content (AvgIpc) is 2.78. The van der Waals surface area contributed by atoms with Gasteiger partial charge in [-0.05, 0) is 45.2 Å². The smallest absolute Gasteiger partial charge is 0.0197 e. The Hall–Kier alpha value is -0.0800. The maximum Gasteiger partial charge on any atom is 0.0197 e. The highest BCUT2D eigenvalue weighted by Gasteiger charge is 2.48. The Balaban J connectivity index is 1.82. The number of nitrogens with one attached hydrogen (secondary N) is 1. The Kier molecular flexibility index (Phi) is 3.91. The van der Waals surface area contributed by atoms with E-state index in [0.717, 1.165) is 11.8 Å². The van der Waals surface area contributed by atoms with Gasteiger partial charge >= 0.3 is 0 Å². The lowest BCUT2D eigenvalue weighted by Crippen LogP contribution is -2.44. The van der Waals surface area contributed by atoms with Gasteiger partial charge in [0, 0.05) is 18.6 Å². The Morgan fingerprint density at radius 1 is 1.19 bits per heavy atom. The van der Waals surface area contributed by atoms with Crippen molar-refractivity contribution in [3.05, 3.63) is 0 Å². The SMILES string of the molecule is CCCCCCN1CC2CNCC2C1(C)C. The molecule has 0 spiro atoms. The summed E-state index contributed by atoms with van der Waals surface area (Å²) >= 11 is 0. The summed E-state index contributed by atoms with van der Waals surface area (Å²) in [5, 5.41) is 3.55. The Morgan fingerprint density at radius 2 is 2.00 bits per heavy atom. The van der Waals surface area contributed by atoms with Crippen molar-refractivity contribution in [2.75, 3.05) is 26.2 Å². The summed E-state index contributed by atoms with van der Waals surface area (Å²) in [5.41, 5.74) is 0.431. The van der Waals surface area contributed by atoms with E-state index in [0.29, 0.717) is 5.54 Å². The molecule has 2 aliphatic rings. The second-order valence-corrected chi connectivity index (χ2v) is 6.19. The van der Waals surface area contributed by atoms with Crippen molar-refractivity contribution in [3.8, 4) is 0 Å². The number of hydrogen-bond acceptors (Lipinski definition) is 2. The highest BCUT2D eigenvalue weighted by atomic mass is 15.2. The fraction of sp³-hybridized carbons (Fsp3) is 1.00. The third-order valence-electron chi connectivity index (χ3n) is 4.80. The van der Waals surface area contributed by atoms with E-state index in [9.17, 15) is 0 Å². The van der Waals surface area contributed by atoms with Gasteiger partial charge in [-0.3, -0.25) is 4.90 Å². The van der Waals surface area contributed by atoms with Crippen LogP contribution in [0.5, 0.6) is 0 Å². The Bertz CT molecular complexity index is 225. The zero-order valence-corrected chi connectivity index (χ0v) is 11.3. The molecule has 0 aromatic rings. The van der Waals surface area contributed by atoms with Gasteiger partial charge < -0.3 is 5.32 Å². The minimum Gasteiger partial charge on any atom is -0.316 e. The van der Waals surface area contributed by atoms with Gasteiger partial charge in [0.15, 0.2) is 0 Å². The van der Waals surface area contributed by atoms with Crippen molar-refractivity contribution in [2.45, 2.75) is 52.0 Å². The van der Waals surface area contributed by atoms with Crippen molar-refractivity contribution >= 4 is 0 Å². The summed E-state index contributed by atoms with van der Waals surface area (Å²) in [6.07, 6.45) is 5.56. The summed E-state index contributed by atoms with van der Waals surface area (Å²) in [7, 11) is 0. The number of hydrogen-bond donors (Lipinski definition) is 1. The molecular formula is C14H28N2. The van der Waals surface area contributed by atoms with Crippen molar-refractivity contribution in [1.82, 2.24) is 10.2 Å². The number of rotatable bonds is 5. The standard InChI is InChI=1S/C14H28N2/c1-4-5-6-7-8-16-11-12-9-15-10-13(12)14(16,2)3/h12-13,15H,4-11H2,1-3H3. The molecule has 0 bridgehead atoms. The number of unbranched alkanes of at least 4 members (excludes halogenated alkanes) is 3. The molecule has 1 N–H and O–H groups in total. The van der Waals surface area contributed by atoms with Crippen LogP contribution in [0.4, 0.5) is 0 Å². The molecule has 94 valence electrons. The highest BCUT2D eigenvalue weighted by Crippen LogP contribution is 2.40. The van der Waals surface area contributed by atoms with E-state index in [1.165, 1.54) is 51.9 Å². The van der Waals surface area contributed by atoms with E-state index >= 15 is 0 Å². The van der Waals surface area contributed by atoms with Crippen LogP contribution < -0.4 is 5.32 Å². The predicted molar refractivity (Wildman–Crippen MR) is 69.6 cm³/mol. The molecule has 0 radical (unpaired) electrons. The molecule has 0 aromatic heterocycles. The van der Waals surface area contributed by atoms with Crippen LogP contribution in [-0.2, 0) is 0 Å². The topological polar surface area (TPSA) is 15.3 Å². The average molecular weight is 224 g/mol. The molecule has 0 saturated carbocycles. The number of nitrogens with zero attached hydrogens (tertiary/aromatic N) is 1. The molecule has 2 heteroatoms. The fourth-order valence-electron chi connectivity index (χ4n) is 3.61. The van der Waals surface area contributed by atoms with Crippen LogP contribution in [0.3, 0.4) is 0 Å². The van der Waals surface area contributed by atoms with Gasteiger partial charge in [0.1, 0.15) is 0 Å². The summed E-state index contributed by atoms with van der Waals surface area (Å²) in [6.45, 7) is 12.3. The van der Waals surface area contributed by atoms with Gasteiger partial charge in [-0.25, -0.2) is 0 Å². The zero-order chi connectivity index (χ0) is 11.6. The first kappa shape index (κ1) is 12.4. The maximum atomic E-state index is 3.55. The number of likely N-dealkylation sites (tertiary alicyclic amines) is 1. The zero-order valence-electron chi connectivity index (χ0n) is 11.3. The molecule has 0 aliphatic carbocycles. The normalized spacial score (nSPS) is 33.2. The Morgan fingerprint density at radius 3 is 2.69 bits per heavy atom. The van der Waals surface area contributed by atoms with Crippen molar-refractivity contribution in [3.63, 3.8) is 0 Å². The third kappa shape index (κ3) is 2.28. The first-order chi connectivity index (χ1) is 7.66. The molecule has 2 atom stereocenters. The van der Waals surface area contributed by atoms with Crippen LogP contribution in [0, 0.1) is 11.8 Å². The molecule has 2 rings (SSSR count). The lowest BCUT2D eigenvalue weighted by molar-refractivity contribution is 0.137. The molecule has 2 nitrogen and oxygen atoms in total. The lowest BCUT2D eigenvalue weighted by atomic mass is 9.85. The molecule has 2 fully saturated rings. The van der Waals surface area contributed by atoms with Crippen LogP contribution in [0.2, 0.25) is 0 Å². The molecule has 2 unspecified atom stereocenters.